The van der Waals surface area contributed by atoms with Crippen LogP contribution in [0.5, 0.6) is 0 Å². The molecule has 0 atom stereocenters. The van der Waals surface area contributed by atoms with Gasteiger partial charge in [0.05, 0.1) is 6.42 Å². The average molecular weight is 224 g/mol. The standard InChI is InChI=1S/C14H24O2/c1-2-3-4-5-6-7-8-9-10-11-14(16)12-13-15/h3-4,13H,2,5-12H2,1H3/b4-3+. The number of Topliss-reactive ketones (excluding diaryl/α,β-unsaturated/α-hetero) is 1. The van der Waals surface area contributed by atoms with Gasteiger partial charge in [0.1, 0.15) is 12.1 Å². The van der Waals surface area contributed by atoms with E-state index in [-0.39, 0.29) is 12.2 Å². The summed E-state index contributed by atoms with van der Waals surface area (Å²) in [6, 6.07) is 0. The van der Waals surface area contributed by atoms with Gasteiger partial charge < -0.3 is 4.79 Å². The normalized spacial score (nSPS) is 10.8. The second-order valence-electron chi connectivity index (χ2n) is 4.10. The maximum absolute atomic E-state index is 11.0. The monoisotopic (exact) mass is 224 g/mol. The third-order valence-electron chi connectivity index (χ3n) is 2.54. The quantitative estimate of drug-likeness (QED) is 0.231. The van der Waals surface area contributed by atoms with Crippen LogP contribution in [0.25, 0.3) is 0 Å². The van der Waals surface area contributed by atoms with E-state index in [4.69, 9.17) is 0 Å². The molecule has 2 nitrogen and oxygen atoms in total. The van der Waals surface area contributed by atoms with Crippen molar-refractivity contribution in [1.29, 1.82) is 0 Å². The summed E-state index contributed by atoms with van der Waals surface area (Å²) in [4.78, 5) is 21.1. The first-order chi connectivity index (χ1) is 7.81. The number of ketones is 1. The van der Waals surface area contributed by atoms with Gasteiger partial charge in [-0.15, -0.1) is 0 Å². The summed E-state index contributed by atoms with van der Waals surface area (Å²) in [7, 11) is 0. The maximum atomic E-state index is 11.0. The summed E-state index contributed by atoms with van der Waals surface area (Å²) < 4.78 is 0. The maximum Gasteiger partial charge on any atom is 0.139 e. The molecule has 0 aliphatic rings. The summed E-state index contributed by atoms with van der Waals surface area (Å²) >= 11 is 0. The Bertz CT molecular complexity index is 207. The molecule has 0 aliphatic heterocycles. The van der Waals surface area contributed by atoms with E-state index in [0.717, 1.165) is 19.3 Å². The third-order valence-corrected chi connectivity index (χ3v) is 2.54. The van der Waals surface area contributed by atoms with Crippen LogP contribution in [0.4, 0.5) is 0 Å². The molecule has 0 aromatic heterocycles. The smallest absolute Gasteiger partial charge is 0.139 e. The Morgan fingerprint density at radius 2 is 1.69 bits per heavy atom. The van der Waals surface area contributed by atoms with E-state index in [0.29, 0.717) is 12.7 Å². The van der Waals surface area contributed by atoms with Gasteiger partial charge in [0, 0.05) is 6.42 Å². The predicted octanol–water partition coefficient (Wildman–Crippen LogP) is 3.84. The minimum atomic E-state index is 0.0841. The van der Waals surface area contributed by atoms with Crippen LogP contribution in [0.3, 0.4) is 0 Å². The van der Waals surface area contributed by atoms with E-state index >= 15 is 0 Å². The predicted molar refractivity (Wildman–Crippen MR) is 67.4 cm³/mol. The minimum Gasteiger partial charge on any atom is -0.303 e. The van der Waals surface area contributed by atoms with Crippen LogP contribution >= 0.6 is 0 Å². The molecule has 0 N–H and O–H groups in total. The number of hydrogen-bond acceptors (Lipinski definition) is 2. The van der Waals surface area contributed by atoms with E-state index < -0.39 is 0 Å². The molecule has 0 saturated heterocycles. The summed E-state index contributed by atoms with van der Waals surface area (Å²) in [5.74, 6) is 0.0841. The van der Waals surface area contributed by atoms with E-state index in [1.54, 1.807) is 0 Å². The molecule has 0 saturated carbocycles. The lowest BCUT2D eigenvalue weighted by Crippen LogP contribution is -1.97. The van der Waals surface area contributed by atoms with Crippen LogP contribution in [-0.2, 0) is 9.59 Å². The van der Waals surface area contributed by atoms with Gasteiger partial charge in [-0.25, -0.2) is 0 Å². The Hall–Kier alpha value is -0.920. The Balaban J connectivity index is 3.12. The molecule has 2 heteroatoms. The number of hydrogen-bond donors (Lipinski definition) is 0. The van der Waals surface area contributed by atoms with Gasteiger partial charge in [0.25, 0.3) is 0 Å². The number of carbonyl (C=O) groups is 2. The van der Waals surface area contributed by atoms with Gasteiger partial charge in [-0.3, -0.25) is 4.79 Å². The van der Waals surface area contributed by atoms with Gasteiger partial charge >= 0.3 is 0 Å². The van der Waals surface area contributed by atoms with Crippen molar-refractivity contribution in [2.24, 2.45) is 0 Å². The van der Waals surface area contributed by atoms with E-state index in [1.807, 2.05) is 0 Å². The molecular weight excluding hydrogens is 200 g/mol. The van der Waals surface area contributed by atoms with Crippen molar-refractivity contribution in [3.63, 3.8) is 0 Å². The zero-order valence-electron chi connectivity index (χ0n) is 10.4. The van der Waals surface area contributed by atoms with Crippen molar-refractivity contribution < 1.29 is 9.59 Å². The zero-order chi connectivity index (χ0) is 12.1. The number of rotatable bonds is 11. The number of unbranched alkanes of at least 4 members (excludes halogenated alkanes) is 5. The summed E-state index contributed by atoms with van der Waals surface area (Å²) in [5.41, 5.74) is 0. The summed E-state index contributed by atoms with van der Waals surface area (Å²) in [5, 5.41) is 0. The fourth-order valence-electron chi connectivity index (χ4n) is 1.59. The first kappa shape index (κ1) is 15.1. The number of allylic oxidation sites excluding steroid dienone is 2. The molecule has 0 unspecified atom stereocenters. The highest BCUT2D eigenvalue weighted by Crippen LogP contribution is 2.08. The molecule has 0 rings (SSSR count). The molecule has 16 heavy (non-hydrogen) atoms. The number of carbonyl (C=O) groups excluding carboxylic acids is 2. The fourth-order valence-corrected chi connectivity index (χ4v) is 1.59. The molecule has 0 amide bonds. The minimum absolute atomic E-state index is 0.0841. The lowest BCUT2D eigenvalue weighted by Gasteiger charge is -1.99. The van der Waals surface area contributed by atoms with Crippen molar-refractivity contribution in [3.05, 3.63) is 12.2 Å². The van der Waals surface area contributed by atoms with Gasteiger partial charge in [0.15, 0.2) is 0 Å². The molecule has 0 aromatic carbocycles. The second-order valence-corrected chi connectivity index (χ2v) is 4.10. The van der Waals surface area contributed by atoms with Crippen LogP contribution in [0.1, 0.15) is 64.7 Å². The summed E-state index contributed by atoms with van der Waals surface area (Å²) in [6.45, 7) is 2.15. The Morgan fingerprint density at radius 1 is 1.00 bits per heavy atom. The zero-order valence-corrected chi connectivity index (χ0v) is 10.4. The van der Waals surface area contributed by atoms with Crippen LogP contribution < -0.4 is 0 Å². The highest BCUT2D eigenvalue weighted by atomic mass is 16.1. The highest BCUT2D eigenvalue weighted by molar-refractivity contribution is 5.89. The SMILES string of the molecule is CC/C=C/CCCCCCCC(=O)CC=O. The van der Waals surface area contributed by atoms with E-state index in [2.05, 4.69) is 19.1 Å². The van der Waals surface area contributed by atoms with Crippen LogP contribution in [0, 0.1) is 0 Å². The van der Waals surface area contributed by atoms with Crippen LogP contribution in [0.15, 0.2) is 12.2 Å². The fraction of sp³-hybridized carbons (Fsp3) is 0.714. The Labute approximate surface area is 99.1 Å². The van der Waals surface area contributed by atoms with Gasteiger partial charge in [-0.1, -0.05) is 38.3 Å². The molecule has 92 valence electrons. The van der Waals surface area contributed by atoms with Crippen molar-refractivity contribution in [3.8, 4) is 0 Å². The number of aldehydes is 1. The first-order valence-corrected chi connectivity index (χ1v) is 6.41. The lowest BCUT2D eigenvalue weighted by atomic mass is 10.1. The Kier molecular flexibility index (Phi) is 11.5. The van der Waals surface area contributed by atoms with Crippen molar-refractivity contribution in [1.82, 2.24) is 0 Å². The van der Waals surface area contributed by atoms with Gasteiger partial charge in [-0.05, 0) is 25.7 Å². The molecular formula is C14H24O2. The molecule has 0 fully saturated rings. The van der Waals surface area contributed by atoms with Crippen molar-refractivity contribution >= 4 is 12.1 Å². The first-order valence-electron chi connectivity index (χ1n) is 6.41. The molecule has 0 aliphatic carbocycles. The van der Waals surface area contributed by atoms with Gasteiger partial charge in [0.2, 0.25) is 0 Å². The van der Waals surface area contributed by atoms with Gasteiger partial charge in [-0.2, -0.15) is 0 Å². The highest BCUT2D eigenvalue weighted by Gasteiger charge is 1.99. The molecule has 0 bridgehead atoms. The van der Waals surface area contributed by atoms with Crippen molar-refractivity contribution in [2.45, 2.75) is 64.7 Å². The van der Waals surface area contributed by atoms with E-state index in [1.165, 1.54) is 25.7 Å². The summed E-state index contributed by atoms with van der Waals surface area (Å²) in [6.07, 6.45) is 13.9. The van der Waals surface area contributed by atoms with Crippen LogP contribution in [-0.4, -0.2) is 12.1 Å². The second kappa shape index (κ2) is 12.2. The Morgan fingerprint density at radius 3 is 2.38 bits per heavy atom. The average Bonchev–Trinajstić information content (AvgIpc) is 2.27. The molecule has 0 radical (unpaired) electrons. The van der Waals surface area contributed by atoms with Crippen LogP contribution in [0.2, 0.25) is 0 Å². The van der Waals surface area contributed by atoms with Crippen molar-refractivity contribution in [2.75, 3.05) is 0 Å². The molecule has 0 heterocycles. The largest absolute Gasteiger partial charge is 0.303 e. The van der Waals surface area contributed by atoms with E-state index in [9.17, 15) is 9.59 Å². The third kappa shape index (κ3) is 11.2. The molecule has 0 aromatic rings. The topological polar surface area (TPSA) is 34.1 Å². The lowest BCUT2D eigenvalue weighted by molar-refractivity contribution is -0.122. The molecule has 0 spiro atoms.